The van der Waals surface area contributed by atoms with Crippen LogP contribution in [0.1, 0.15) is 47.4 Å². The molecule has 0 fully saturated rings. The van der Waals surface area contributed by atoms with Gasteiger partial charge in [0.2, 0.25) is 5.78 Å². The number of ketones is 1. The van der Waals surface area contributed by atoms with Gasteiger partial charge >= 0.3 is 5.97 Å². The summed E-state index contributed by atoms with van der Waals surface area (Å²) in [7, 11) is 0. The summed E-state index contributed by atoms with van der Waals surface area (Å²) in [5, 5.41) is 9.17. The summed E-state index contributed by atoms with van der Waals surface area (Å²) < 4.78 is 5.72. The Morgan fingerprint density at radius 2 is 1.78 bits per heavy atom. The van der Waals surface area contributed by atoms with Crippen molar-refractivity contribution in [2.24, 2.45) is 0 Å². The Hall–Kier alpha value is -2.53. The summed E-state index contributed by atoms with van der Waals surface area (Å²) in [6.07, 6.45) is 4.30. The van der Waals surface area contributed by atoms with Gasteiger partial charge in [0, 0.05) is 10.9 Å². The molecule has 1 N–H and O–H groups in total. The van der Waals surface area contributed by atoms with E-state index < -0.39 is 11.2 Å². The third-order valence-electron chi connectivity index (χ3n) is 4.57. The van der Waals surface area contributed by atoms with E-state index in [-0.39, 0.29) is 5.78 Å². The number of hydrogen-bond donors (Lipinski definition) is 2. The number of aryl methyl sites for hydroxylation is 1. The van der Waals surface area contributed by atoms with Crippen molar-refractivity contribution in [1.82, 2.24) is 0 Å². The fourth-order valence-corrected chi connectivity index (χ4v) is 3.24. The summed E-state index contributed by atoms with van der Waals surface area (Å²) >= 11 is 4.05. The quantitative estimate of drug-likeness (QED) is 0.305. The Morgan fingerprint density at radius 3 is 2.52 bits per heavy atom. The molecule has 140 valence electrons. The average molecular weight is 382 g/mol. The molecular weight excluding hydrogens is 360 g/mol. The Kier molecular flexibility index (Phi) is 6.35. The van der Waals surface area contributed by atoms with Crippen molar-refractivity contribution < 1.29 is 19.1 Å². The van der Waals surface area contributed by atoms with Gasteiger partial charge in [-0.3, -0.25) is 9.59 Å². The zero-order valence-electron chi connectivity index (χ0n) is 14.9. The lowest BCUT2D eigenvalue weighted by atomic mass is 10.0. The summed E-state index contributed by atoms with van der Waals surface area (Å²) in [6.45, 7) is 0. The molecule has 1 heterocycles. The number of benzene rings is 2. The Bertz CT molecular complexity index is 930. The van der Waals surface area contributed by atoms with Crippen molar-refractivity contribution in [2.75, 3.05) is 0 Å². The summed E-state index contributed by atoms with van der Waals surface area (Å²) in [4.78, 5) is 23.2. The van der Waals surface area contributed by atoms with Crippen LogP contribution in [0, 0.1) is 0 Å². The molecule has 0 saturated carbocycles. The molecule has 0 radical (unpaired) electrons. The molecule has 0 bridgehead atoms. The van der Waals surface area contributed by atoms with E-state index in [4.69, 9.17) is 9.52 Å². The van der Waals surface area contributed by atoms with Crippen molar-refractivity contribution >= 4 is 35.4 Å². The predicted octanol–water partition coefficient (Wildman–Crippen LogP) is 5.15. The second-order valence-corrected chi connectivity index (χ2v) is 7.25. The fourth-order valence-electron chi connectivity index (χ4n) is 3.06. The highest BCUT2D eigenvalue weighted by molar-refractivity contribution is 7.81. The van der Waals surface area contributed by atoms with E-state index in [0.29, 0.717) is 23.3 Å². The number of carbonyl (C=O) groups is 2. The third-order valence-corrected chi connectivity index (χ3v) is 5.05. The van der Waals surface area contributed by atoms with Crippen molar-refractivity contribution in [3.8, 4) is 0 Å². The summed E-state index contributed by atoms with van der Waals surface area (Å²) in [6, 6.07) is 16.9. The monoisotopic (exact) mass is 382 g/mol. The molecule has 5 heteroatoms. The number of aliphatic carboxylic acids is 1. The van der Waals surface area contributed by atoms with E-state index in [1.54, 1.807) is 18.2 Å². The Labute approximate surface area is 163 Å². The lowest BCUT2D eigenvalue weighted by molar-refractivity contribution is -0.136. The van der Waals surface area contributed by atoms with Crippen LogP contribution in [0.15, 0.2) is 59.0 Å². The van der Waals surface area contributed by atoms with Gasteiger partial charge in [0.05, 0.1) is 5.25 Å². The first-order valence-corrected chi connectivity index (χ1v) is 9.59. The van der Waals surface area contributed by atoms with Gasteiger partial charge in [-0.1, -0.05) is 49.2 Å². The molecule has 3 rings (SSSR count). The normalized spacial score (nSPS) is 12.2. The van der Waals surface area contributed by atoms with Crippen LogP contribution in [-0.4, -0.2) is 22.1 Å². The number of thiol groups is 1. The van der Waals surface area contributed by atoms with Gasteiger partial charge in [-0.05, 0) is 43.0 Å². The number of hydrogen-bond acceptors (Lipinski definition) is 4. The highest BCUT2D eigenvalue weighted by Gasteiger charge is 2.14. The van der Waals surface area contributed by atoms with Gasteiger partial charge in [-0.15, -0.1) is 0 Å². The second kappa shape index (κ2) is 8.91. The van der Waals surface area contributed by atoms with E-state index in [1.807, 2.05) is 30.3 Å². The minimum absolute atomic E-state index is 0.118. The third kappa shape index (κ3) is 5.01. The van der Waals surface area contributed by atoms with Crippen LogP contribution >= 0.6 is 12.6 Å². The number of furan rings is 1. The molecule has 0 saturated heterocycles. The van der Waals surface area contributed by atoms with Gasteiger partial charge in [0.1, 0.15) is 5.58 Å². The van der Waals surface area contributed by atoms with Gasteiger partial charge in [-0.2, -0.15) is 12.6 Å². The van der Waals surface area contributed by atoms with E-state index in [0.717, 1.165) is 31.1 Å². The molecule has 1 atom stereocenters. The van der Waals surface area contributed by atoms with Gasteiger partial charge in [0.15, 0.2) is 5.76 Å². The number of rotatable bonds is 9. The van der Waals surface area contributed by atoms with Gasteiger partial charge < -0.3 is 9.52 Å². The SMILES string of the molecule is O=C(c1ccccc1)c1cc2cc(CCCCCC(S)C(=O)O)ccc2o1. The first-order chi connectivity index (χ1) is 13.0. The Morgan fingerprint density at radius 1 is 1.00 bits per heavy atom. The van der Waals surface area contributed by atoms with Crippen LogP contribution in [0.25, 0.3) is 11.0 Å². The molecule has 0 spiro atoms. The molecule has 0 aliphatic rings. The molecule has 1 aromatic heterocycles. The second-order valence-electron chi connectivity index (χ2n) is 6.63. The lowest BCUT2D eigenvalue weighted by Gasteiger charge is -2.05. The zero-order valence-corrected chi connectivity index (χ0v) is 15.8. The summed E-state index contributed by atoms with van der Waals surface area (Å²) in [5.74, 6) is -0.625. The van der Waals surface area contributed by atoms with Crippen molar-refractivity contribution in [1.29, 1.82) is 0 Å². The van der Waals surface area contributed by atoms with E-state index in [1.165, 1.54) is 5.56 Å². The van der Waals surface area contributed by atoms with Crippen LogP contribution < -0.4 is 0 Å². The summed E-state index contributed by atoms with van der Waals surface area (Å²) in [5.41, 5.74) is 2.50. The first kappa shape index (κ1) is 19.2. The number of carbonyl (C=O) groups excluding carboxylic acids is 1. The smallest absolute Gasteiger partial charge is 0.316 e. The molecule has 0 aliphatic heterocycles. The largest absolute Gasteiger partial charge is 0.480 e. The molecule has 0 aliphatic carbocycles. The molecule has 2 aromatic carbocycles. The van der Waals surface area contributed by atoms with E-state index in [9.17, 15) is 9.59 Å². The maximum atomic E-state index is 12.5. The van der Waals surface area contributed by atoms with Crippen molar-refractivity contribution in [3.63, 3.8) is 0 Å². The topological polar surface area (TPSA) is 67.5 Å². The van der Waals surface area contributed by atoms with Crippen molar-refractivity contribution in [2.45, 2.75) is 37.4 Å². The van der Waals surface area contributed by atoms with Crippen LogP contribution in [-0.2, 0) is 11.2 Å². The molecule has 1 unspecified atom stereocenters. The van der Waals surface area contributed by atoms with E-state index >= 15 is 0 Å². The minimum Gasteiger partial charge on any atom is -0.480 e. The van der Waals surface area contributed by atoms with Crippen molar-refractivity contribution in [3.05, 3.63) is 71.5 Å². The van der Waals surface area contributed by atoms with Crippen LogP contribution in [0.3, 0.4) is 0 Å². The highest BCUT2D eigenvalue weighted by atomic mass is 32.1. The average Bonchev–Trinajstić information content (AvgIpc) is 3.11. The first-order valence-electron chi connectivity index (χ1n) is 9.07. The lowest BCUT2D eigenvalue weighted by Crippen LogP contribution is -2.12. The van der Waals surface area contributed by atoms with E-state index in [2.05, 4.69) is 18.7 Å². The van der Waals surface area contributed by atoms with Gasteiger partial charge in [-0.25, -0.2) is 0 Å². The molecule has 27 heavy (non-hydrogen) atoms. The highest BCUT2D eigenvalue weighted by Crippen LogP contribution is 2.24. The Balaban J connectivity index is 1.59. The van der Waals surface area contributed by atoms with Crippen LogP contribution in [0.4, 0.5) is 0 Å². The van der Waals surface area contributed by atoms with Gasteiger partial charge in [0.25, 0.3) is 0 Å². The molecule has 0 amide bonds. The maximum absolute atomic E-state index is 12.5. The number of carboxylic acids is 1. The maximum Gasteiger partial charge on any atom is 0.316 e. The minimum atomic E-state index is -0.857. The molecule has 4 nitrogen and oxygen atoms in total. The van der Waals surface area contributed by atoms with Crippen LogP contribution in [0.2, 0.25) is 0 Å². The van der Waals surface area contributed by atoms with Crippen LogP contribution in [0.5, 0.6) is 0 Å². The molecule has 3 aromatic rings. The molecular formula is C22H22O4S. The standard InChI is InChI=1S/C22H22O4S/c23-21(16-8-4-2-5-9-16)19-14-17-13-15(11-12-18(17)26-19)7-3-1-6-10-20(27)22(24)25/h2,4-5,8-9,11-14,20,27H,1,3,6-7,10H2,(H,24,25). The number of unbranched alkanes of at least 4 members (excludes halogenated alkanes) is 2. The number of fused-ring (bicyclic) bond motifs is 1. The number of carboxylic acid groups (broad SMARTS) is 1. The predicted molar refractivity (Wildman–Crippen MR) is 109 cm³/mol. The fraction of sp³-hybridized carbons (Fsp3) is 0.273. The zero-order chi connectivity index (χ0) is 19.2.